The van der Waals surface area contributed by atoms with Gasteiger partial charge in [-0.3, -0.25) is 9.29 Å². The first-order chi connectivity index (χ1) is 15.6. The Morgan fingerprint density at radius 3 is 2.48 bits per heavy atom. The van der Waals surface area contributed by atoms with Gasteiger partial charge in [0.1, 0.15) is 17.0 Å². The van der Waals surface area contributed by atoms with Crippen molar-refractivity contribution >= 4 is 27.6 Å². The molecule has 12 heteroatoms. The van der Waals surface area contributed by atoms with Gasteiger partial charge in [-0.15, -0.1) is 10.2 Å². The van der Waals surface area contributed by atoms with Crippen LogP contribution >= 0.6 is 11.6 Å². The lowest BCUT2D eigenvalue weighted by molar-refractivity contribution is 0.0950. The lowest BCUT2D eigenvalue weighted by atomic mass is 9.78. The zero-order valence-corrected chi connectivity index (χ0v) is 20.4. The second-order valence-corrected chi connectivity index (χ2v) is 10.9. The van der Waals surface area contributed by atoms with Crippen molar-refractivity contribution in [3.63, 3.8) is 0 Å². The lowest BCUT2D eigenvalue weighted by Gasteiger charge is -2.41. The third-order valence-corrected chi connectivity index (χ3v) is 7.94. The molecule has 0 bridgehead atoms. The number of methoxy groups -OCH3 is 1. The molecule has 2 atom stereocenters. The fraction of sp³-hybridized carbons (Fsp3) is 0.476. The SMILES string of the molecule is CO[C@H](c1ncc(Cl)cn1)[C@H](C)S(=O)(=O)Nc1nnc(-c2cccc(C)n2)n1C1(C)CCC1. The quantitative estimate of drug-likeness (QED) is 0.507. The molecule has 0 aliphatic heterocycles. The molecule has 33 heavy (non-hydrogen) atoms. The minimum absolute atomic E-state index is 0.147. The van der Waals surface area contributed by atoms with Crippen LogP contribution in [0.4, 0.5) is 5.95 Å². The van der Waals surface area contributed by atoms with Crippen LogP contribution < -0.4 is 4.72 Å². The van der Waals surface area contributed by atoms with Crippen molar-refractivity contribution in [3.8, 4) is 11.5 Å². The maximum atomic E-state index is 13.4. The first-order valence-corrected chi connectivity index (χ1v) is 12.5. The van der Waals surface area contributed by atoms with Gasteiger partial charge in [-0.05, 0) is 52.2 Å². The van der Waals surface area contributed by atoms with Crippen molar-refractivity contribution in [2.24, 2.45) is 0 Å². The summed E-state index contributed by atoms with van der Waals surface area (Å²) in [5, 5.41) is 7.83. The van der Waals surface area contributed by atoms with E-state index in [9.17, 15) is 8.42 Å². The van der Waals surface area contributed by atoms with Gasteiger partial charge < -0.3 is 4.74 Å². The molecule has 3 aromatic heterocycles. The summed E-state index contributed by atoms with van der Waals surface area (Å²) in [6.45, 7) is 5.49. The summed E-state index contributed by atoms with van der Waals surface area (Å²) in [5.74, 6) is 0.890. The number of halogens is 1. The number of nitrogens with zero attached hydrogens (tertiary/aromatic N) is 6. The standard InChI is InChI=1S/C21H26ClN7O3S/c1-13-7-5-8-16(25-13)19-26-27-20(29(19)21(3)9-6-10-21)28-33(30,31)14(2)17(32-4)18-23-11-15(22)12-24-18/h5,7-8,11-12,14,17H,6,9-10H2,1-4H3,(H,27,28)/t14-,17-/m0/s1. The van der Waals surface area contributed by atoms with Gasteiger partial charge >= 0.3 is 0 Å². The van der Waals surface area contributed by atoms with E-state index in [-0.39, 0.29) is 17.3 Å². The van der Waals surface area contributed by atoms with Crippen molar-refractivity contribution in [1.82, 2.24) is 29.7 Å². The number of hydrogen-bond acceptors (Lipinski definition) is 8. The molecule has 10 nitrogen and oxygen atoms in total. The van der Waals surface area contributed by atoms with Crippen LogP contribution in [0.1, 0.15) is 50.7 Å². The smallest absolute Gasteiger partial charge is 0.240 e. The summed E-state index contributed by atoms with van der Waals surface area (Å²) in [6.07, 6.45) is 4.70. The van der Waals surface area contributed by atoms with Gasteiger partial charge in [0.25, 0.3) is 0 Å². The van der Waals surface area contributed by atoms with Crippen molar-refractivity contribution in [2.45, 2.75) is 56.9 Å². The van der Waals surface area contributed by atoms with Crippen LogP contribution in [0.3, 0.4) is 0 Å². The van der Waals surface area contributed by atoms with Crippen molar-refractivity contribution in [2.75, 3.05) is 11.8 Å². The predicted octanol–water partition coefficient (Wildman–Crippen LogP) is 3.51. The van der Waals surface area contributed by atoms with E-state index in [4.69, 9.17) is 16.3 Å². The van der Waals surface area contributed by atoms with E-state index in [1.165, 1.54) is 26.4 Å². The van der Waals surface area contributed by atoms with Crippen LogP contribution in [0.5, 0.6) is 0 Å². The van der Waals surface area contributed by atoms with Gasteiger partial charge in [0.15, 0.2) is 11.6 Å². The molecule has 1 N–H and O–H groups in total. The average molecular weight is 492 g/mol. The number of anilines is 1. The van der Waals surface area contributed by atoms with E-state index in [1.807, 2.05) is 29.7 Å². The molecule has 0 aromatic carbocycles. The molecule has 0 radical (unpaired) electrons. The summed E-state index contributed by atoms with van der Waals surface area (Å²) in [4.78, 5) is 12.8. The molecule has 0 saturated heterocycles. The van der Waals surface area contributed by atoms with Gasteiger partial charge in [-0.1, -0.05) is 17.7 Å². The monoisotopic (exact) mass is 491 g/mol. The Labute approximate surface area is 197 Å². The van der Waals surface area contributed by atoms with Crippen LogP contribution in [0.25, 0.3) is 11.5 Å². The molecule has 0 spiro atoms. The molecule has 4 rings (SSSR count). The van der Waals surface area contributed by atoms with Crippen LogP contribution in [-0.2, 0) is 20.3 Å². The van der Waals surface area contributed by atoms with Gasteiger partial charge in [0.2, 0.25) is 16.0 Å². The molecule has 1 saturated carbocycles. The summed E-state index contributed by atoms with van der Waals surface area (Å²) < 4.78 is 36.6. The van der Waals surface area contributed by atoms with Crippen LogP contribution in [0, 0.1) is 6.92 Å². The normalized spacial score (nSPS) is 17.2. The first kappa shape index (κ1) is 23.5. The van der Waals surface area contributed by atoms with E-state index in [0.717, 1.165) is 25.0 Å². The van der Waals surface area contributed by atoms with E-state index in [1.54, 1.807) is 0 Å². The largest absolute Gasteiger partial charge is 0.372 e. The molecule has 3 heterocycles. The number of rotatable bonds is 8. The van der Waals surface area contributed by atoms with E-state index in [0.29, 0.717) is 16.5 Å². The molecular weight excluding hydrogens is 466 g/mol. The third-order valence-electron chi connectivity index (χ3n) is 6.05. The maximum absolute atomic E-state index is 13.4. The zero-order chi connectivity index (χ0) is 23.8. The number of aromatic nitrogens is 6. The molecule has 1 aliphatic rings. The highest BCUT2D eigenvalue weighted by atomic mass is 35.5. The highest BCUT2D eigenvalue weighted by molar-refractivity contribution is 7.93. The molecular formula is C21H26ClN7O3S. The van der Waals surface area contributed by atoms with E-state index < -0.39 is 21.4 Å². The summed E-state index contributed by atoms with van der Waals surface area (Å²) in [6, 6.07) is 5.63. The van der Waals surface area contributed by atoms with Crippen LogP contribution in [-0.4, -0.2) is 50.5 Å². The molecule has 3 aromatic rings. The summed E-state index contributed by atoms with van der Waals surface area (Å²) in [7, 11) is -2.55. The Balaban J connectivity index is 1.70. The summed E-state index contributed by atoms with van der Waals surface area (Å²) >= 11 is 5.86. The highest BCUT2D eigenvalue weighted by Gasteiger charge is 2.40. The first-order valence-electron chi connectivity index (χ1n) is 10.6. The van der Waals surface area contributed by atoms with Gasteiger partial charge in [-0.2, -0.15) is 0 Å². The third kappa shape index (κ3) is 4.57. The minimum atomic E-state index is -3.96. The lowest BCUT2D eigenvalue weighted by Crippen LogP contribution is -2.40. The van der Waals surface area contributed by atoms with Gasteiger partial charge in [0, 0.05) is 30.7 Å². The van der Waals surface area contributed by atoms with Crippen molar-refractivity contribution in [3.05, 3.63) is 47.1 Å². The average Bonchev–Trinajstić information content (AvgIpc) is 3.17. The number of pyridine rings is 1. The van der Waals surface area contributed by atoms with E-state index in [2.05, 4.69) is 36.8 Å². The number of sulfonamides is 1. The van der Waals surface area contributed by atoms with Crippen molar-refractivity contribution in [1.29, 1.82) is 0 Å². The van der Waals surface area contributed by atoms with E-state index >= 15 is 0 Å². The molecule has 1 fully saturated rings. The van der Waals surface area contributed by atoms with Gasteiger partial charge in [-0.25, -0.2) is 23.4 Å². The fourth-order valence-electron chi connectivity index (χ4n) is 3.97. The number of ether oxygens (including phenoxy) is 1. The van der Waals surface area contributed by atoms with Crippen molar-refractivity contribution < 1.29 is 13.2 Å². The number of nitrogens with one attached hydrogen (secondary N) is 1. The number of hydrogen-bond donors (Lipinski definition) is 1. The second-order valence-electron chi connectivity index (χ2n) is 8.47. The Kier molecular flexibility index (Phi) is 6.39. The maximum Gasteiger partial charge on any atom is 0.240 e. The minimum Gasteiger partial charge on any atom is -0.372 e. The summed E-state index contributed by atoms with van der Waals surface area (Å²) in [5.41, 5.74) is 1.16. The van der Waals surface area contributed by atoms with Crippen LogP contribution in [0.15, 0.2) is 30.6 Å². The van der Waals surface area contributed by atoms with Gasteiger partial charge in [0.05, 0.1) is 5.02 Å². The Morgan fingerprint density at radius 2 is 1.91 bits per heavy atom. The Bertz CT molecular complexity index is 1240. The molecule has 0 amide bonds. The topological polar surface area (TPSA) is 125 Å². The number of aryl methyl sites for hydroxylation is 1. The predicted molar refractivity (Wildman–Crippen MR) is 124 cm³/mol. The molecule has 1 aliphatic carbocycles. The zero-order valence-electron chi connectivity index (χ0n) is 18.9. The van der Waals surface area contributed by atoms with Crippen LogP contribution in [0.2, 0.25) is 5.02 Å². The Hall–Kier alpha value is -2.63. The highest BCUT2D eigenvalue weighted by Crippen LogP contribution is 2.43. The fourth-order valence-corrected chi connectivity index (χ4v) is 5.19. The Morgan fingerprint density at radius 1 is 1.21 bits per heavy atom. The molecule has 0 unspecified atom stereocenters. The second kappa shape index (κ2) is 8.96. The molecule has 176 valence electrons.